The van der Waals surface area contributed by atoms with Gasteiger partial charge in [0.05, 0.1) is 12.7 Å². The maximum atomic E-state index is 12.1. The number of likely N-dealkylation sites (tertiary alicyclic amines) is 1. The van der Waals surface area contributed by atoms with E-state index in [-0.39, 0.29) is 36.8 Å². The fourth-order valence-electron chi connectivity index (χ4n) is 3.17. The maximum Gasteiger partial charge on any atom is 0.222 e. The molecular weight excluding hydrogens is 325 g/mol. The van der Waals surface area contributed by atoms with Gasteiger partial charge in [-0.05, 0) is 33.1 Å². The van der Waals surface area contributed by atoms with Crippen LogP contribution in [0, 0.1) is 0 Å². The Kier molecular flexibility index (Phi) is 10.6. The fraction of sp³-hybridized carbons (Fsp3) is 0.933. The molecule has 2 heterocycles. The van der Waals surface area contributed by atoms with Crippen molar-refractivity contribution in [2.45, 2.75) is 57.7 Å². The summed E-state index contributed by atoms with van der Waals surface area (Å²) >= 11 is 0. The summed E-state index contributed by atoms with van der Waals surface area (Å²) in [7, 11) is 0. The van der Waals surface area contributed by atoms with E-state index in [9.17, 15) is 4.79 Å². The number of piperidine rings is 1. The average molecular weight is 356 g/mol. The van der Waals surface area contributed by atoms with Crippen LogP contribution in [0.25, 0.3) is 0 Å². The number of nitrogens with zero attached hydrogens (tertiary/aromatic N) is 2. The zero-order chi connectivity index (χ0) is 14.5. The van der Waals surface area contributed by atoms with Gasteiger partial charge in [0, 0.05) is 44.7 Å². The number of ether oxygens (including phenoxy) is 1. The quantitative estimate of drug-likeness (QED) is 0.833. The third kappa shape index (κ3) is 6.59. The van der Waals surface area contributed by atoms with Gasteiger partial charge in [0.15, 0.2) is 0 Å². The Bertz CT molecular complexity index is 324. The Hall–Kier alpha value is -0.0700. The van der Waals surface area contributed by atoms with E-state index >= 15 is 0 Å². The molecule has 2 fully saturated rings. The van der Waals surface area contributed by atoms with Gasteiger partial charge < -0.3 is 15.4 Å². The predicted octanol–water partition coefficient (Wildman–Crippen LogP) is 1.67. The molecule has 2 aliphatic heterocycles. The highest BCUT2D eigenvalue weighted by molar-refractivity contribution is 5.85. The molecule has 0 aliphatic carbocycles. The molecule has 0 aromatic rings. The molecule has 1 amide bonds. The van der Waals surface area contributed by atoms with Crippen LogP contribution in [0.15, 0.2) is 0 Å². The zero-order valence-corrected chi connectivity index (χ0v) is 15.3. The highest BCUT2D eigenvalue weighted by Gasteiger charge is 2.29. The molecule has 0 aromatic carbocycles. The van der Waals surface area contributed by atoms with E-state index in [2.05, 4.69) is 11.8 Å². The van der Waals surface area contributed by atoms with Crippen molar-refractivity contribution < 1.29 is 9.53 Å². The van der Waals surface area contributed by atoms with Gasteiger partial charge in [-0.25, -0.2) is 0 Å². The summed E-state index contributed by atoms with van der Waals surface area (Å²) in [5.41, 5.74) is 5.71. The van der Waals surface area contributed by atoms with E-state index < -0.39 is 0 Å². The number of carbonyl (C=O) groups is 1. The highest BCUT2D eigenvalue weighted by Crippen LogP contribution is 2.20. The van der Waals surface area contributed by atoms with Crippen LogP contribution < -0.4 is 5.73 Å². The van der Waals surface area contributed by atoms with Crippen LogP contribution in [0.2, 0.25) is 0 Å². The van der Waals surface area contributed by atoms with Crippen molar-refractivity contribution in [2.24, 2.45) is 5.73 Å². The maximum absolute atomic E-state index is 12.1. The Morgan fingerprint density at radius 2 is 1.91 bits per heavy atom. The first-order valence-corrected chi connectivity index (χ1v) is 7.95. The van der Waals surface area contributed by atoms with E-state index in [0.717, 1.165) is 52.0 Å². The normalized spacial score (nSPS) is 25.0. The number of hydrogen-bond donors (Lipinski definition) is 1. The number of carbonyl (C=O) groups excluding carboxylic acids is 1. The number of amides is 1. The second-order valence-electron chi connectivity index (χ2n) is 6.30. The Morgan fingerprint density at radius 3 is 2.45 bits per heavy atom. The topological polar surface area (TPSA) is 58.8 Å². The van der Waals surface area contributed by atoms with Crippen LogP contribution in [0.5, 0.6) is 0 Å². The average Bonchev–Trinajstić information content (AvgIpc) is 2.45. The molecular formula is C15H31Cl2N3O2. The van der Waals surface area contributed by atoms with E-state index in [1.54, 1.807) is 0 Å². The van der Waals surface area contributed by atoms with Crippen LogP contribution in [-0.2, 0) is 9.53 Å². The van der Waals surface area contributed by atoms with Crippen LogP contribution in [0.1, 0.15) is 39.5 Å². The summed E-state index contributed by atoms with van der Waals surface area (Å²) in [6.45, 7) is 8.80. The summed E-state index contributed by atoms with van der Waals surface area (Å²) in [5.74, 6) is 0.274. The molecule has 7 heteroatoms. The largest absolute Gasteiger partial charge is 0.376 e. The summed E-state index contributed by atoms with van der Waals surface area (Å²) in [5, 5.41) is 0. The fourth-order valence-corrected chi connectivity index (χ4v) is 3.17. The first-order chi connectivity index (χ1) is 9.56. The Labute approximate surface area is 146 Å². The monoisotopic (exact) mass is 355 g/mol. The van der Waals surface area contributed by atoms with E-state index in [1.165, 1.54) is 0 Å². The third-order valence-corrected chi connectivity index (χ3v) is 4.42. The second kappa shape index (κ2) is 10.7. The van der Waals surface area contributed by atoms with Gasteiger partial charge in [0.25, 0.3) is 0 Å². The molecule has 0 bridgehead atoms. The predicted molar refractivity (Wildman–Crippen MR) is 94.0 cm³/mol. The van der Waals surface area contributed by atoms with Gasteiger partial charge in [-0.3, -0.25) is 9.69 Å². The van der Waals surface area contributed by atoms with Crippen molar-refractivity contribution in [3.63, 3.8) is 0 Å². The van der Waals surface area contributed by atoms with Gasteiger partial charge in [-0.1, -0.05) is 0 Å². The summed E-state index contributed by atoms with van der Waals surface area (Å²) in [6, 6.07) is 0.741. The minimum absolute atomic E-state index is 0. The molecule has 0 radical (unpaired) electrons. The highest BCUT2D eigenvalue weighted by atomic mass is 35.5. The minimum atomic E-state index is 0. The molecule has 0 spiro atoms. The lowest BCUT2D eigenvalue weighted by Gasteiger charge is -2.41. The number of nitrogens with two attached hydrogens (primary N) is 1. The first-order valence-electron chi connectivity index (χ1n) is 7.95. The van der Waals surface area contributed by atoms with Gasteiger partial charge >= 0.3 is 0 Å². The molecule has 132 valence electrons. The molecule has 2 saturated heterocycles. The van der Waals surface area contributed by atoms with E-state index in [0.29, 0.717) is 18.6 Å². The van der Waals surface area contributed by atoms with Gasteiger partial charge in [0.2, 0.25) is 5.91 Å². The lowest BCUT2D eigenvalue weighted by molar-refractivity contribution is -0.133. The number of hydrogen-bond acceptors (Lipinski definition) is 4. The molecule has 0 aromatic heterocycles. The first kappa shape index (κ1) is 21.9. The molecule has 2 rings (SSSR count). The summed E-state index contributed by atoms with van der Waals surface area (Å²) < 4.78 is 5.59. The number of morpholine rings is 1. The van der Waals surface area contributed by atoms with E-state index in [1.807, 2.05) is 11.8 Å². The minimum Gasteiger partial charge on any atom is -0.376 e. The Balaban J connectivity index is 0.00000220. The molecule has 2 atom stereocenters. The zero-order valence-electron chi connectivity index (χ0n) is 13.7. The molecule has 0 saturated carbocycles. The van der Waals surface area contributed by atoms with Crippen molar-refractivity contribution >= 4 is 30.7 Å². The van der Waals surface area contributed by atoms with Crippen LogP contribution in [-0.4, -0.2) is 66.7 Å². The molecule has 2 aliphatic rings. The molecule has 2 unspecified atom stereocenters. The van der Waals surface area contributed by atoms with E-state index in [4.69, 9.17) is 10.5 Å². The molecule has 2 N–H and O–H groups in total. The van der Waals surface area contributed by atoms with Crippen molar-refractivity contribution in [3.8, 4) is 0 Å². The van der Waals surface area contributed by atoms with Crippen molar-refractivity contribution in [1.82, 2.24) is 9.80 Å². The number of rotatable bonds is 4. The molecule has 5 nitrogen and oxygen atoms in total. The van der Waals surface area contributed by atoms with Gasteiger partial charge in [-0.2, -0.15) is 0 Å². The van der Waals surface area contributed by atoms with Crippen LogP contribution >= 0.6 is 24.8 Å². The summed E-state index contributed by atoms with van der Waals surface area (Å²) in [6.07, 6.45) is 3.92. The molecule has 22 heavy (non-hydrogen) atoms. The van der Waals surface area contributed by atoms with Crippen LogP contribution in [0.3, 0.4) is 0 Å². The third-order valence-electron chi connectivity index (χ3n) is 4.42. The van der Waals surface area contributed by atoms with Crippen molar-refractivity contribution in [1.29, 1.82) is 0 Å². The lowest BCUT2D eigenvalue weighted by Crippen LogP contribution is -2.51. The Morgan fingerprint density at radius 1 is 1.27 bits per heavy atom. The van der Waals surface area contributed by atoms with Crippen molar-refractivity contribution in [2.75, 3.05) is 32.8 Å². The number of halogens is 2. The SMILES string of the molecule is CC(N)CCC(=O)N1CCC(N2CCOC(C)C2)CC1.Cl.Cl. The van der Waals surface area contributed by atoms with Gasteiger partial charge in [-0.15, -0.1) is 24.8 Å². The lowest BCUT2D eigenvalue weighted by atomic mass is 10.0. The summed E-state index contributed by atoms with van der Waals surface area (Å²) in [4.78, 5) is 16.6. The smallest absolute Gasteiger partial charge is 0.222 e. The van der Waals surface area contributed by atoms with Crippen LogP contribution in [0.4, 0.5) is 0 Å². The van der Waals surface area contributed by atoms with Crippen molar-refractivity contribution in [3.05, 3.63) is 0 Å². The van der Waals surface area contributed by atoms with Gasteiger partial charge in [0.1, 0.15) is 0 Å². The second-order valence-corrected chi connectivity index (χ2v) is 6.30. The standard InChI is InChI=1S/C15H29N3O2.2ClH/c1-12(16)3-4-15(19)17-7-5-14(6-8-17)18-9-10-20-13(2)11-18;;/h12-14H,3-11,16H2,1-2H3;2*1H.